The second-order valence-electron chi connectivity index (χ2n) is 5.24. The van der Waals surface area contributed by atoms with Gasteiger partial charge in [-0.2, -0.15) is 5.26 Å². The Hall–Kier alpha value is -2.72. The molecule has 0 spiro atoms. The molecule has 0 radical (unpaired) electrons. The van der Waals surface area contributed by atoms with Crippen molar-refractivity contribution in [1.29, 1.82) is 5.26 Å². The molecule has 0 saturated carbocycles. The average Bonchev–Trinajstić information content (AvgIpc) is 2.94. The van der Waals surface area contributed by atoms with Crippen molar-refractivity contribution in [2.75, 3.05) is 11.9 Å². The Morgan fingerprint density at radius 3 is 3.00 bits per heavy atom. The van der Waals surface area contributed by atoms with Crippen molar-refractivity contribution in [1.82, 2.24) is 9.88 Å². The van der Waals surface area contributed by atoms with E-state index in [9.17, 15) is 9.59 Å². The van der Waals surface area contributed by atoms with Gasteiger partial charge in [0.15, 0.2) is 5.13 Å². The molecule has 1 aromatic heterocycles. The first-order valence-corrected chi connectivity index (χ1v) is 7.94. The second-order valence-corrected chi connectivity index (χ2v) is 6.32. The van der Waals surface area contributed by atoms with E-state index in [4.69, 9.17) is 5.26 Å². The summed E-state index contributed by atoms with van der Waals surface area (Å²) in [5.74, 6) is -0.250. The molecular weight excluding hydrogens is 312 g/mol. The van der Waals surface area contributed by atoms with Gasteiger partial charge in [-0.3, -0.25) is 9.59 Å². The lowest BCUT2D eigenvalue weighted by molar-refractivity contribution is -0.114. The molecule has 7 heteroatoms. The quantitative estimate of drug-likeness (QED) is 0.916. The summed E-state index contributed by atoms with van der Waals surface area (Å²) in [5.41, 5.74) is 1.92. The van der Waals surface area contributed by atoms with Gasteiger partial charge in [0, 0.05) is 30.3 Å². The summed E-state index contributed by atoms with van der Waals surface area (Å²) in [6.07, 6.45) is 0.662. The zero-order valence-corrected chi connectivity index (χ0v) is 13.3. The third-order valence-corrected chi connectivity index (χ3v) is 4.54. The molecule has 3 rings (SSSR count). The smallest absolute Gasteiger partial charge is 0.254 e. The molecule has 0 bridgehead atoms. The fraction of sp³-hybridized carbons (Fsp3) is 0.250. The molecule has 116 valence electrons. The topological polar surface area (TPSA) is 86.1 Å². The Bertz CT molecular complexity index is 822. The van der Waals surface area contributed by atoms with Gasteiger partial charge in [-0.1, -0.05) is 17.4 Å². The lowest BCUT2D eigenvalue weighted by atomic mass is 10.1. The van der Waals surface area contributed by atoms with E-state index in [1.807, 2.05) is 6.07 Å². The standard InChI is InChI=1S/C16H14N4O2S/c1-10(21)18-16-19-13-5-6-20(9-14(13)23-16)15(22)12-4-2-3-11(7-12)8-17/h2-4,7H,5-6,9H2,1H3,(H,18,19,21). The van der Waals surface area contributed by atoms with E-state index in [1.54, 1.807) is 29.2 Å². The van der Waals surface area contributed by atoms with E-state index < -0.39 is 0 Å². The fourth-order valence-electron chi connectivity index (χ4n) is 2.48. The van der Waals surface area contributed by atoms with Gasteiger partial charge in [0.1, 0.15) is 0 Å². The van der Waals surface area contributed by atoms with Crippen molar-refractivity contribution in [3.05, 3.63) is 46.0 Å². The van der Waals surface area contributed by atoms with Crippen LogP contribution in [-0.4, -0.2) is 28.2 Å². The monoisotopic (exact) mass is 326 g/mol. The number of thiazole rings is 1. The van der Waals surface area contributed by atoms with Crippen molar-refractivity contribution < 1.29 is 9.59 Å². The number of rotatable bonds is 2. The zero-order valence-electron chi connectivity index (χ0n) is 12.5. The molecule has 6 nitrogen and oxygen atoms in total. The number of nitriles is 1. The minimum atomic E-state index is -0.155. The van der Waals surface area contributed by atoms with Crippen LogP contribution in [0.2, 0.25) is 0 Å². The van der Waals surface area contributed by atoms with Crippen molar-refractivity contribution in [3.8, 4) is 6.07 Å². The Morgan fingerprint density at radius 2 is 2.26 bits per heavy atom. The summed E-state index contributed by atoms with van der Waals surface area (Å²) in [6, 6.07) is 8.75. The van der Waals surface area contributed by atoms with Crippen LogP contribution in [0, 0.1) is 11.3 Å². The molecular formula is C16H14N4O2S. The summed E-state index contributed by atoms with van der Waals surface area (Å²) in [7, 11) is 0. The summed E-state index contributed by atoms with van der Waals surface area (Å²) in [6.45, 7) is 2.49. The highest BCUT2D eigenvalue weighted by Gasteiger charge is 2.25. The molecule has 0 atom stereocenters. The molecule has 1 aliphatic heterocycles. The number of fused-ring (bicyclic) bond motifs is 1. The van der Waals surface area contributed by atoms with Crippen LogP contribution in [0.25, 0.3) is 0 Å². The predicted octanol–water partition coefficient (Wildman–Crippen LogP) is 2.17. The average molecular weight is 326 g/mol. The molecule has 2 heterocycles. The zero-order chi connectivity index (χ0) is 16.4. The second kappa shape index (κ2) is 6.18. The number of carbonyl (C=O) groups excluding carboxylic acids is 2. The van der Waals surface area contributed by atoms with Crippen LogP contribution >= 0.6 is 11.3 Å². The Labute approximate surface area is 137 Å². The van der Waals surface area contributed by atoms with Crippen LogP contribution in [0.5, 0.6) is 0 Å². The first kappa shape index (κ1) is 15.2. The minimum Gasteiger partial charge on any atom is -0.333 e. The van der Waals surface area contributed by atoms with Gasteiger partial charge in [0.25, 0.3) is 5.91 Å². The number of hydrogen-bond acceptors (Lipinski definition) is 5. The van der Waals surface area contributed by atoms with E-state index >= 15 is 0 Å². The number of amides is 2. The maximum Gasteiger partial charge on any atom is 0.254 e. The first-order valence-electron chi connectivity index (χ1n) is 7.12. The van der Waals surface area contributed by atoms with Gasteiger partial charge < -0.3 is 10.2 Å². The van der Waals surface area contributed by atoms with Crippen molar-refractivity contribution in [3.63, 3.8) is 0 Å². The van der Waals surface area contributed by atoms with E-state index in [1.165, 1.54) is 18.3 Å². The van der Waals surface area contributed by atoms with Gasteiger partial charge >= 0.3 is 0 Å². The molecule has 1 aliphatic rings. The molecule has 1 N–H and O–H groups in total. The number of benzene rings is 1. The molecule has 2 aromatic rings. The molecule has 1 aromatic carbocycles. The number of aromatic nitrogens is 1. The van der Waals surface area contributed by atoms with Crippen LogP contribution in [0.3, 0.4) is 0 Å². The molecule has 0 saturated heterocycles. The van der Waals surface area contributed by atoms with E-state index in [0.717, 1.165) is 10.6 Å². The van der Waals surface area contributed by atoms with Crippen molar-refractivity contribution in [2.45, 2.75) is 19.9 Å². The molecule has 23 heavy (non-hydrogen) atoms. The van der Waals surface area contributed by atoms with Gasteiger partial charge in [-0.25, -0.2) is 4.98 Å². The Morgan fingerprint density at radius 1 is 1.43 bits per heavy atom. The lowest BCUT2D eigenvalue weighted by Crippen LogP contribution is -2.35. The molecule has 0 aliphatic carbocycles. The van der Waals surface area contributed by atoms with E-state index in [0.29, 0.717) is 35.8 Å². The van der Waals surface area contributed by atoms with Crippen LogP contribution in [0.1, 0.15) is 33.4 Å². The van der Waals surface area contributed by atoms with Crippen molar-refractivity contribution >= 4 is 28.3 Å². The summed E-state index contributed by atoms with van der Waals surface area (Å²) >= 11 is 1.40. The van der Waals surface area contributed by atoms with Gasteiger partial charge in [-0.15, -0.1) is 0 Å². The van der Waals surface area contributed by atoms with E-state index in [2.05, 4.69) is 10.3 Å². The summed E-state index contributed by atoms with van der Waals surface area (Å²) in [4.78, 5) is 30.8. The highest BCUT2D eigenvalue weighted by molar-refractivity contribution is 7.15. The summed E-state index contributed by atoms with van der Waals surface area (Å²) in [5, 5.41) is 12.2. The molecule has 0 fully saturated rings. The minimum absolute atomic E-state index is 0.0952. The predicted molar refractivity (Wildman–Crippen MR) is 86.0 cm³/mol. The maximum absolute atomic E-state index is 12.6. The van der Waals surface area contributed by atoms with Gasteiger partial charge in [-0.05, 0) is 18.2 Å². The van der Waals surface area contributed by atoms with Crippen LogP contribution in [-0.2, 0) is 17.8 Å². The SMILES string of the molecule is CC(=O)Nc1nc2c(s1)CN(C(=O)c1cccc(C#N)c1)CC2. The number of anilines is 1. The maximum atomic E-state index is 12.6. The summed E-state index contributed by atoms with van der Waals surface area (Å²) < 4.78 is 0. The molecule has 2 amide bonds. The molecule has 0 unspecified atom stereocenters. The highest BCUT2D eigenvalue weighted by Crippen LogP contribution is 2.29. The van der Waals surface area contributed by atoms with Crippen LogP contribution in [0.15, 0.2) is 24.3 Å². The normalized spacial score (nSPS) is 13.1. The number of carbonyl (C=O) groups is 2. The van der Waals surface area contributed by atoms with Gasteiger partial charge in [0.05, 0.1) is 23.9 Å². The van der Waals surface area contributed by atoms with Crippen LogP contribution < -0.4 is 5.32 Å². The highest BCUT2D eigenvalue weighted by atomic mass is 32.1. The number of nitrogens with zero attached hydrogens (tertiary/aromatic N) is 3. The van der Waals surface area contributed by atoms with E-state index in [-0.39, 0.29) is 11.8 Å². The largest absolute Gasteiger partial charge is 0.333 e. The van der Waals surface area contributed by atoms with Crippen LogP contribution in [0.4, 0.5) is 5.13 Å². The number of hydrogen-bond donors (Lipinski definition) is 1. The van der Waals surface area contributed by atoms with Gasteiger partial charge in [0.2, 0.25) is 5.91 Å². The Kier molecular flexibility index (Phi) is 4.08. The fourth-order valence-corrected chi connectivity index (χ4v) is 3.55. The first-order chi connectivity index (χ1) is 11.1. The third-order valence-electron chi connectivity index (χ3n) is 3.54. The number of nitrogens with one attached hydrogen (secondary N) is 1. The third kappa shape index (κ3) is 3.22. The Balaban J connectivity index is 1.78. The van der Waals surface area contributed by atoms with Crippen molar-refractivity contribution in [2.24, 2.45) is 0 Å². The lowest BCUT2D eigenvalue weighted by Gasteiger charge is -2.26.